The van der Waals surface area contributed by atoms with Crippen LogP contribution >= 0.6 is 0 Å². The summed E-state index contributed by atoms with van der Waals surface area (Å²) in [5.74, 6) is 0.767. The molecule has 1 aliphatic heterocycles. The first-order valence-electron chi connectivity index (χ1n) is 11.2. The molecule has 1 aliphatic rings. The zero-order valence-electron chi connectivity index (χ0n) is 19.5. The number of ether oxygens (including phenoxy) is 1. The Bertz CT molecular complexity index is 1300. The van der Waals surface area contributed by atoms with Gasteiger partial charge >= 0.3 is 0 Å². The van der Waals surface area contributed by atoms with Crippen molar-refractivity contribution in [1.29, 1.82) is 0 Å². The normalized spacial score (nSPS) is 17.4. The number of aromatic nitrogens is 3. The van der Waals surface area contributed by atoms with Crippen molar-refractivity contribution in [3.8, 4) is 17.0 Å². The van der Waals surface area contributed by atoms with E-state index in [9.17, 15) is 13.2 Å². The summed E-state index contributed by atoms with van der Waals surface area (Å²) in [4.78, 5) is 20.1. The predicted octanol–water partition coefficient (Wildman–Crippen LogP) is 3.65. The Hall–Kier alpha value is -2.94. The molecule has 0 aliphatic carbocycles. The molecule has 0 N–H and O–H groups in total. The molecule has 3 aromatic rings. The van der Waals surface area contributed by atoms with E-state index in [1.807, 2.05) is 37.3 Å². The highest BCUT2D eigenvalue weighted by Gasteiger charge is 2.32. The van der Waals surface area contributed by atoms with Gasteiger partial charge in [-0.3, -0.25) is 4.79 Å². The average Bonchev–Trinajstić information content (AvgIpc) is 3.35. The Morgan fingerprint density at radius 1 is 1.30 bits per heavy atom. The predicted molar refractivity (Wildman–Crippen MR) is 128 cm³/mol. The Kier molecular flexibility index (Phi) is 6.43. The van der Waals surface area contributed by atoms with E-state index in [0.717, 1.165) is 18.4 Å². The molecule has 0 saturated carbocycles. The summed E-state index contributed by atoms with van der Waals surface area (Å²) in [6.45, 7) is 4.59. The lowest BCUT2D eigenvalue weighted by Gasteiger charge is -2.18. The quantitative estimate of drug-likeness (QED) is 0.523. The highest BCUT2D eigenvalue weighted by atomic mass is 32.2. The van der Waals surface area contributed by atoms with Gasteiger partial charge in [0.25, 0.3) is 5.91 Å². The highest BCUT2D eigenvalue weighted by Crippen LogP contribution is 2.33. The van der Waals surface area contributed by atoms with Gasteiger partial charge in [-0.1, -0.05) is 25.5 Å². The number of nitrogens with zero attached hydrogens (tertiary/aromatic N) is 4. The van der Waals surface area contributed by atoms with Gasteiger partial charge in [-0.15, -0.1) is 0 Å². The van der Waals surface area contributed by atoms with Crippen LogP contribution in [-0.2, 0) is 9.84 Å². The second-order valence-corrected chi connectivity index (χ2v) is 10.9. The first kappa shape index (κ1) is 23.2. The molecule has 0 bridgehead atoms. The van der Waals surface area contributed by atoms with E-state index in [2.05, 4.69) is 12.0 Å². The summed E-state index contributed by atoms with van der Waals surface area (Å²) in [6.07, 6.45) is 2.40. The van der Waals surface area contributed by atoms with Crippen LogP contribution in [0.5, 0.6) is 5.75 Å². The highest BCUT2D eigenvalue weighted by molar-refractivity contribution is 7.91. The minimum atomic E-state index is -3.10. The lowest BCUT2D eigenvalue weighted by atomic mass is 10.0. The van der Waals surface area contributed by atoms with Crippen molar-refractivity contribution in [1.82, 2.24) is 19.7 Å². The van der Waals surface area contributed by atoms with Gasteiger partial charge < -0.3 is 9.64 Å². The molecule has 1 atom stereocenters. The summed E-state index contributed by atoms with van der Waals surface area (Å²) >= 11 is 0. The van der Waals surface area contributed by atoms with E-state index >= 15 is 0 Å². The van der Waals surface area contributed by atoms with E-state index < -0.39 is 9.84 Å². The number of hydrogen-bond donors (Lipinski definition) is 0. The lowest BCUT2D eigenvalue weighted by molar-refractivity contribution is 0.0795. The number of carbonyl (C=O) groups excluding carboxylic acids is 1. The molecule has 4 rings (SSSR count). The first-order valence-corrected chi connectivity index (χ1v) is 13.1. The lowest BCUT2D eigenvalue weighted by Crippen LogP contribution is -2.28. The third kappa shape index (κ3) is 4.59. The number of carbonyl (C=O) groups is 1. The van der Waals surface area contributed by atoms with Crippen molar-refractivity contribution < 1.29 is 17.9 Å². The number of amides is 1. The standard InChI is InChI=1S/C24H30N4O4S/c1-5-6-11-27(3)24(29)20-14-21(17-8-7-9-19(13-17)32-4)25-23-22(20)16(2)26-28(23)18-10-12-33(30,31)15-18/h7-9,13-14,18H,5-6,10-12,15H2,1-4H3. The SMILES string of the molecule is CCCCN(C)C(=O)c1cc(-c2cccc(OC)c2)nc2c1c(C)nn2C1CCS(=O)(=O)C1. The number of aryl methyl sites for hydroxylation is 1. The number of unbranched alkanes of at least 4 members (excludes halogenated alkanes) is 1. The molecule has 2 aromatic heterocycles. The Labute approximate surface area is 194 Å². The number of methoxy groups -OCH3 is 1. The van der Waals surface area contributed by atoms with Crippen LogP contribution in [0.2, 0.25) is 0 Å². The van der Waals surface area contributed by atoms with E-state index in [-0.39, 0.29) is 23.5 Å². The van der Waals surface area contributed by atoms with Crippen LogP contribution in [-0.4, -0.2) is 66.2 Å². The Balaban J connectivity index is 1.91. The zero-order valence-corrected chi connectivity index (χ0v) is 20.4. The minimum Gasteiger partial charge on any atom is -0.497 e. The second-order valence-electron chi connectivity index (χ2n) is 8.65. The maximum atomic E-state index is 13.5. The van der Waals surface area contributed by atoms with Crippen LogP contribution < -0.4 is 4.74 Å². The molecule has 176 valence electrons. The Morgan fingerprint density at radius 3 is 2.76 bits per heavy atom. The maximum absolute atomic E-state index is 13.5. The van der Waals surface area contributed by atoms with E-state index in [4.69, 9.17) is 9.72 Å². The minimum absolute atomic E-state index is 0.0357. The van der Waals surface area contributed by atoms with Gasteiger partial charge in [-0.05, 0) is 38.0 Å². The largest absolute Gasteiger partial charge is 0.497 e. The molecule has 1 saturated heterocycles. The number of sulfone groups is 1. The fourth-order valence-corrected chi connectivity index (χ4v) is 6.03. The van der Waals surface area contributed by atoms with Crippen LogP contribution in [0.1, 0.15) is 48.3 Å². The average molecular weight is 471 g/mol. The number of pyridine rings is 1. The summed E-state index contributed by atoms with van der Waals surface area (Å²) in [5, 5.41) is 5.34. The summed E-state index contributed by atoms with van der Waals surface area (Å²) in [5.41, 5.74) is 3.18. The van der Waals surface area contributed by atoms with Crippen molar-refractivity contribution in [2.24, 2.45) is 0 Å². The third-order valence-corrected chi connectivity index (χ3v) is 7.93. The number of rotatable bonds is 7. The van der Waals surface area contributed by atoms with Gasteiger partial charge in [0.1, 0.15) is 5.75 Å². The van der Waals surface area contributed by atoms with Crippen molar-refractivity contribution in [3.63, 3.8) is 0 Å². The van der Waals surface area contributed by atoms with Crippen LogP contribution in [0.3, 0.4) is 0 Å². The maximum Gasteiger partial charge on any atom is 0.254 e. The molecular formula is C24H30N4O4S. The monoisotopic (exact) mass is 470 g/mol. The number of benzene rings is 1. The van der Waals surface area contributed by atoms with Crippen molar-refractivity contribution >= 4 is 26.8 Å². The van der Waals surface area contributed by atoms with Crippen molar-refractivity contribution in [3.05, 3.63) is 41.6 Å². The van der Waals surface area contributed by atoms with Gasteiger partial charge in [-0.2, -0.15) is 5.10 Å². The molecule has 0 radical (unpaired) electrons. The van der Waals surface area contributed by atoms with Crippen LogP contribution in [0.4, 0.5) is 0 Å². The molecule has 1 amide bonds. The van der Waals surface area contributed by atoms with Crippen LogP contribution in [0, 0.1) is 6.92 Å². The topological polar surface area (TPSA) is 94.4 Å². The summed E-state index contributed by atoms with van der Waals surface area (Å²) < 4.78 is 31.4. The van der Waals surface area contributed by atoms with E-state index in [1.54, 1.807) is 23.7 Å². The van der Waals surface area contributed by atoms with Crippen molar-refractivity contribution in [2.75, 3.05) is 32.2 Å². The van der Waals surface area contributed by atoms with Crippen LogP contribution in [0.15, 0.2) is 30.3 Å². The molecule has 1 fully saturated rings. The van der Waals surface area contributed by atoms with Gasteiger partial charge in [-0.25, -0.2) is 18.1 Å². The van der Waals surface area contributed by atoms with Gasteiger partial charge in [0.05, 0.1) is 47.0 Å². The van der Waals surface area contributed by atoms with Crippen LogP contribution in [0.25, 0.3) is 22.3 Å². The molecule has 33 heavy (non-hydrogen) atoms. The molecule has 8 nitrogen and oxygen atoms in total. The fourth-order valence-electron chi connectivity index (χ4n) is 4.34. The smallest absolute Gasteiger partial charge is 0.254 e. The summed E-state index contributed by atoms with van der Waals surface area (Å²) in [7, 11) is 0.303. The zero-order chi connectivity index (χ0) is 23.8. The molecular weight excluding hydrogens is 440 g/mol. The molecule has 0 spiro atoms. The van der Waals surface area contributed by atoms with Gasteiger partial charge in [0, 0.05) is 19.2 Å². The fraction of sp³-hybridized carbons (Fsp3) is 0.458. The third-order valence-electron chi connectivity index (χ3n) is 6.18. The summed E-state index contributed by atoms with van der Waals surface area (Å²) in [6, 6.07) is 9.04. The van der Waals surface area contributed by atoms with Crippen molar-refractivity contribution in [2.45, 2.75) is 39.2 Å². The van der Waals surface area contributed by atoms with E-state index in [1.165, 1.54) is 0 Å². The second kappa shape index (κ2) is 9.13. The molecule has 1 unspecified atom stereocenters. The van der Waals surface area contributed by atoms with Gasteiger partial charge in [0.2, 0.25) is 0 Å². The van der Waals surface area contributed by atoms with E-state index in [0.29, 0.717) is 46.7 Å². The van der Waals surface area contributed by atoms with Gasteiger partial charge in [0.15, 0.2) is 15.5 Å². The molecule has 1 aromatic carbocycles. The first-order chi connectivity index (χ1) is 15.7. The number of hydrogen-bond acceptors (Lipinski definition) is 6. The molecule has 3 heterocycles. The Morgan fingerprint density at radius 2 is 2.09 bits per heavy atom. The number of fused-ring (bicyclic) bond motifs is 1. The molecule has 9 heteroatoms.